The van der Waals surface area contributed by atoms with Crippen LogP contribution in [-0.4, -0.2) is 30.8 Å². The monoisotopic (exact) mass is 326 g/mol. The van der Waals surface area contributed by atoms with Crippen LogP contribution in [0, 0.1) is 0 Å². The summed E-state index contributed by atoms with van der Waals surface area (Å²) in [6.07, 6.45) is 6.04. The molecule has 0 radical (unpaired) electrons. The number of hydrogen-bond donors (Lipinski definition) is 2. The fraction of sp³-hybridized carbons (Fsp3) is 0.450. The molecule has 1 heterocycles. The summed E-state index contributed by atoms with van der Waals surface area (Å²) in [5.74, 6) is 0.774. The summed E-state index contributed by atoms with van der Waals surface area (Å²) in [4.78, 5) is 4.55. The van der Waals surface area contributed by atoms with Crippen molar-refractivity contribution < 1.29 is 9.84 Å². The number of fused-ring (bicyclic) bond motifs is 1. The van der Waals surface area contributed by atoms with Gasteiger partial charge in [0.15, 0.2) is 0 Å². The minimum Gasteiger partial charge on any atom is -0.496 e. The molecule has 0 bridgehead atoms. The lowest BCUT2D eigenvalue weighted by molar-refractivity contribution is 0.273. The van der Waals surface area contributed by atoms with E-state index in [4.69, 9.17) is 4.74 Å². The van der Waals surface area contributed by atoms with E-state index in [9.17, 15) is 5.11 Å². The molecule has 2 aromatic rings. The van der Waals surface area contributed by atoms with Crippen molar-refractivity contribution in [2.45, 2.75) is 37.7 Å². The van der Waals surface area contributed by atoms with Crippen molar-refractivity contribution in [3.05, 3.63) is 58.9 Å². The number of nitrogens with one attached hydrogen (secondary N) is 1. The molecule has 0 fully saturated rings. The predicted octanol–water partition coefficient (Wildman–Crippen LogP) is 2.62. The maximum atomic E-state index is 9.49. The highest BCUT2D eigenvalue weighted by atomic mass is 16.5. The number of aryl methyl sites for hydroxylation is 1. The molecule has 1 aliphatic carbocycles. The summed E-state index contributed by atoms with van der Waals surface area (Å²) in [7, 11) is 3.67. The summed E-state index contributed by atoms with van der Waals surface area (Å²) in [5.41, 5.74) is 4.80. The summed E-state index contributed by atoms with van der Waals surface area (Å²) in [6, 6.07) is 10.5. The summed E-state index contributed by atoms with van der Waals surface area (Å²) in [5, 5.41) is 12.8. The first-order valence-electron chi connectivity index (χ1n) is 8.58. The molecule has 24 heavy (non-hydrogen) atoms. The number of ether oxygens (including phenoxy) is 1. The van der Waals surface area contributed by atoms with Crippen LogP contribution in [0.3, 0.4) is 0 Å². The number of aromatic nitrogens is 1. The number of rotatable bonds is 6. The topological polar surface area (TPSA) is 54.4 Å². The van der Waals surface area contributed by atoms with E-state index in [0.29, 0.717) is 0 Å². The zero-order valence-corrected chi connectivity index (χ0v) is 14.5. The molecule has 128 valence electrons. The molecule has 1 atom stereocenters. The third-order valence-electron chi connectivity index (χ3n) is 5.28. The molecule has 4 nitrogen and oxygen atoms in total. The van der Waals surface area contributed by atoms with Crippen LogP contribution in [0.15, 0.2) is 36.5 Å². The number of hydrogen-bond acceptors (Lipinski definition) is 4. The van der Waals surface area contributed by atoms with Crippen molar-refractivity contribution in [3.63, 3.8) is 0 Å². The quantitative estimate of drug-likeness (QED) is 0.857. The van der Waals surface area contributed by atoms with Crippen LogP contribution in [0.2, 0.25) is 0 Å². The highest BCUT2D eigenvalue weighted by molar-refractivity contribution is 5.43. The van der Waals surface area contributed by atoms with Crippen LogP contribution in [0.4, 0.5) is 0 Å². The van der Waals surface area contributed by atoms with Gasteiger partial charge in [-0.3, -0.25) is 4.98 Å². The average Bonchev–Trinajstić information content (AvgIpc) is 2.65. The van der Waals surface area contributed by atoms with E-state index in [1.165, 1.54) is 16.8 Å². The Morgan fingerprint density at radius 2 is 2.21 bits per heavy atom. The number of pyridine rings is 1. The second-order valence-electron chi connectivity index (χ2n) is 6.60. The van der Waals surface area contributed by atoms with E-state index in [0.717, 1.165) is 43.5 Å². The van der Waals surface area contributed by atoms with Gasteiger partial charge in [-0.05, 0) is 62.5 Å². The predicted molar refractivity (Wildman–Crippen MR) is 95.4 cm³/mol. The van der Waals surface area contributed by atoms with Gasteiger partial charge in [0.2, 0.25) is 0 Å². The molecular formula is C20H26N2O2. The van der Waals surface area contributed by atoms with Crippen LogP contribution in [0.1, 0.15) is 35.2 Å². The molecule has 0 amide bonds. The van der Waals surface area contributed by atoms with Gasteiger partial charge < -0.3 is 15.2 Å². The fourth-order valence-electron chi connectivity index (χ4n) is 3.84. The zero-order valence-electron chi connectivity index (χ0n) is 14.5. The van der Waals surface area contributed by atoms with Crippen molar-refractivity contribution in [1.29, 1.82) is 0 Å². The Hall–Kier alpha value is -1.91. The number of aliphatic hydroxyl groups is 1. The standard InChI is InChI=1S/C20H26N2O2/c1-21-11-9-20(8-7-18-15(13-20)4-3-10-22-18)17-6-5-16(14-23)19(12-17)24-2/h3-6,10,12,21,23H,7-9,11,13-14H2,1-2H3. The second-order valence-corrected chi connectivity index (χ2v) is 6.60. The maximum Gasteiger partial charge on any atom is 0.124 e. The minimum absolute atomic E-state index is 0.000275. The van der Waals surface area contributed by atoms with Gasteiger partial charge in [-0.15, -0.1) is 0 Å². The van der Waals surface area contributed by atoms with Crippen LogP contribution >= 0.6 is 0 Å². The van der Waals surface area contributed by atoms with E-state index in [2.05, 4.69) is 28.5 Å². The SMILES string of the molecule is CNCCC1(c2ccc(CO)c(OC)c2)CCc2ncccc2C1. The van der Waals surface area contributed by atoms with Crippen molar-refractivity contribution in [3.8, 4) is 5.75 Å². The van der Waals surface area contributed by atoms with E-state index < -0.39 is 0 Å². The summed E-state index contributed by atoms with van der Waals surface area (Å²) >= 11 is 0. The lowest BCUT2D eigenvalue weighted by Gasteiger charge is -2.39. The highest BCUT2D eigenvalue weighted by Crippen LogP contribution is 2.42. The second kappa shape index (κ2) is 7.32. The largest absolute Gasteiger partial charge is 0.496 e. The van der Waals surface area contributed by atoms with Gasteiger partial charge in [0.05, 0.1) is 13.7 Å². The van der Waals surface area contributed by atoms with Gasteiger partial charge in [-0.2, -0.15) is 0 Å². The Balaban J connectivity index is 2.01. The van der Waals surface area contributed by atoms with E-state index in [1.54, 1.807) is 7.11 Å². The molecule has 0 saturated heterocycles. The van der Waals surface area contributed by atoms with Crippen LogP contribution < -0.4 is 10.1 Å². The van der Waals surface area contributed by atoms with Crippen LogP contribution in [-0.2, 0) is 24.9 Å². The Morgan fingerprint density at radius 1 is 1.33 bits per heavy atom. The number of benzene rings is 1. The molecule has 1 aromatic carbocycles. The van der Waals surface area contributed by atoms with Crippen molar-refractivity contribution in [2.24, 2.45) is 0 Å². The van der Waals surface area contributed by atoms with Crippen molar-refractivity contribution in [2.75, 3.05) is 20.7 Å². The molecule has 4 heteroatoms. The lowest BCUT2D eigenvalue weighted by Crippen LogP contribution is -2.36. The third kappa shape index (κ3) is 3.17. The average molecular weight is 326 g/mol. The first-order chi connectivity index (χ1) is 11.7. The van der Waals surface area contributed by atoms with E-state index in [1.807, 2.05) is 25.4 Å². The minimum atomic E-state index is -0.000275. The smallest absolute Gasteiger partial charge is 0.124 e. The molecule has 0 aliphatic heterocycles. The molecule has 1 unspecified atom stereocenters. The Bertz CT molecular complexity index is 702. The van der Waals surface area contributed by atoms with Gasteiger partial charge in [-0.1, -0.05) is 18.2 Å². The number of methoxy groups -OCH3 is 1. The number of aliphatic hydroxyl groups excluding tert-OH is 1. The molecule has 1 aromatic heterocycles. The lowest BCUT2D eigenvalue weighted by atomic mass is 9.66. The van der Waals surface area contributed by atoms with Gasteiger partial charge in [0.25, 0.3) is 0 Å². The van der Waals surface area contributed by atoms with E-state index in [-0.39, 0.29) is 12.0 Å². The van der Waals surface area contributed by atoms with E-state index >= 15 is 0 Å². The molecular weight excluding hydrogens is 300 g/mol. The molecule has 2 N–H and O–H groups in total. The first kappa shape index (κ1) is 16.9. The Kier molecular flexibility index (Phi) is 5.17. The molecule has 0 saturated carbocycles. The van der Waals surface area contributed by atoms with Crippen LogP contribution in [0.5, 0.6) is 5.75 Å². The third-order valence-corrected chi connectivity index (χ3v) is 5.28. The van der Waals surface area contributed by atoms with Crippen LogP contribution in [0.25, 0.3) is 0 Å². The molecule has 0 spiro atoms. The summed E-state index contributed by atoms with van der Waals surface area (Å²) in [6.45, 7) is 0.972. The maximum absolute atomic E-state index is 9.49. The Labute approximate surface area is 143 Å². The fourth-order valence-corrected chi connectivity index (χ4v) is 3.84. The van der Waals surface area contributed by atoms with Gasteiger partial charge in [0, 0.05) is 22.9 Å². The zero-order chi connectivity index (χ0) is 17.0. The highest BCUT2D eigenvalue weighted by Gasteiger charge is 2.36. The first-order valence-corrected chi connectivity index (χ1v) is 8.58. The molecule has 3 rings (SSSR count). The summed E-state index contributed by atoms with van der Waals surface area (Å²) < 4.78 is 5.50. The van der Waals surface area contributed by atoms with Gasteiger partial charge >= 0.3 is 0 Å². The Morgan fingerprint density at radius 3 is 2.96 bits per heavy atom. The normalized spacial score (nSPS) is 19.8. The van der Waals surface area contributed by atoms with Gasteiger partial charge in [0.1, 0.15) is 5.75 Å². The number of nitrogens with zero attached hydrogens (tertiary/aromatic N) is 1. The molecule has 1 aliphatic rings. The van der Waals surface area contributed by atoms with Crippen molar-refractivity contribution in [1.82, 2.24) is 10.3 Å². The van der Waals surface area contributed by atoms with Crippen molar-refractivity contribution >= 4 is 0 Å². The van der Waals surface area contributed by atoms with Gasteiger partial charge in [-0.25, -0.2) is 0 Å².